The monoisotopic (exact) mass is 348 g/mol. The highest BCUT2D eigenvalue weighted by molar-refractivity contribution is 9.10. The first-order valence-electron chi connectivity index (χ1n) is 5.41. The van der Waals surface area contributed by atoms with E-state index in [-0.39, 0.29) is 5.56 Å². The maximum atomic E-state index is 12.2. The molecule has 0 aliphatic heterocycles. The Hall–Kier alpha value is -1.83. The van der Waals surface area contributed by atoms with Crippen molar-refractivity contribution in [2.45, 2.75) is 12.6 Å². The summed E-state index contributed by atoms with van der Waals surface area (Å²) in [6, 6.07) is 6.36. The molecule has 2 aromatic rings. The molecule has 0 unspecified atom stereocenters. The topological polar surface area (TPSA) is 66.0 Å². The fourth-order valence-corrected chi connectivity index (χ4v) is 1.92. The zero-order valence-electron chi connectivity index (χ0n) is 9.83. The van der Waals surface area contributed by atoms with E-state index < -0.39 is 29.9 Å². The van der Waals surface area contributed by atoms with Crippen molar-refractivity contribution in [1.82, 2.24) is 9.97 Å². The molecule has 8 heteroatoms. The van der Waals surface area contributed by atoms with Gasteiger partial charge in [0.1, 0.15) is 17.8 Å². The van der Waals surface area contributed by atoms with Gasteiger partial charge in [0.25, 0.3) is 5.56 Å². The Morgan fingerprint density at radius 2 is 1.85 bits per heavy atom. The lowest BCUT2D eigenvalue weighted by Gasteiger charge is -2.08. The van der Waals surface area contributed by atoms with E-state index in [4.69, 9.17) is 0 Å². The van der Waals surface area contributed by atoms with E-state index in [0.717, 1.165) is 4.47 Å². The number of rotatable bonds is 2. The van der Waals surface area contributed by atoms with Crippen LogP contribution in [0.3, 0.4) is 0 Å². The summed E-state index contributed by atoms with van der Waals surface area (Å²) in [7, 11) is 0. The number of aromatic nitrogens is 2. The normalized spacial score (nSPS) is 11.6. The van der Waals surface area contributed by atoms with Gasteiger partial charge >= 0.3 is 6.18 Å². The highest BCUT2D eigenvalue weighted by atomic mass is 79.9. The van der Waals surface area contributed by atoms with Gasteiger partial charge in [0, 0.05) is 4.47 Å². The van der Waals surface area contributed by atoms with Gasteiger partial charge in [-0.3, -0.25) is 4.79 Å². The molecule has 20 heavy (non-hydrogen) atoms. The fraction of sp³-hybridized carbons (Fsp3) is 0.167. The number of aromatic hydroxyl groups is 1. The van der Waals surface area contributed by atoms with Gasteiger partial charge < -0.3 is 10.1 Å². The molecule has 1 aromatic heterocycles. The smallest absolute Gasteiger partial charge is 0.396 e. The number of hydrogen-bond acceptors (Lipinski definition) is 3. The molecule has 2 rings (SSSR count). The third-order valence-electron chi connectivity index (χ3n) is 2.45. The van der Waals surface area contributed by atoms with E-state index in [0.29, 0.717) is 5.56 Å². The van der Waals surface area contributed by atoms with Crippen LogP contribution in [0.15, 0.2) is 33.5 Å². The van der Waals surface area contributed by atoms with Gasteiger partial charge in [-0.25, -0.2) is 0 Å². The molecule has 0 fully saturated rings. The third kappa shape index (κ3) is 3.38. The minimum atomic E-state index is -4.51. The lowest BCUT2D eigenvalue weighted by atomic mass is 10.1. The van der Waals surface area contributed by atoms with Gasteiger partial charge in [-0.05, 0) is 17.7 Å². The molecule has 1 heterocycles. The van der Waals surface area contributed by atoms with E-state index in [2.05, 4.69) is 20.9 Å². The Bertz CT molecular complexity index is 681. The Kier molecular flexibility index (Phi) is 3.85. The second-order valence-electron chi connectivity index (χ2n) is 4.01. The molecule has 0 aliphatic rings. The molecule has 0 aliphatic carbocycles. The number of H-pyrrole nitrogens is 1. The lowest BCUT2D eigenvalue weighted by molar-refractivity contribution is -0.128. The molecular formula is C12H8BrF3N2O2. The maximum absolute atomic E-state index is 12.2. The van der Waals surface area contributed by atoms with Gasteiger partial charge in [0.15, 0.2) is 0 Å². The van der Waals surface area contributed by atoms with Gasteiger partial charge in [-0.1, -0.05) is 28.1 Å². The molecule has 0 saturated carbocycles. The van der Waals surface area contributed by atoms with Crippen LogP contribution in [-0.2, 0) is 6.42 Å². The van der Waals surface area contributed by atoms with Crippen molar-refractivity contribution < 1.29 is 18.3 Å². The van der Waals surface area contributed by atoms with Crippen molar-refractivity contribution in [3.05, 3.63) is 44.9 Å². The summed E-state index contributed by atoms with van der Waals surface area (Å²) >= 11 is 3.21. The van der Waals surface area contributed by atoms with Gasteiger partial charge in [-0.2, -0.15) is 18.2 Å². The van der Waals surface area contributed by atoms with Crippen LogP contribution in [0, 0.1) is 0 Å². The summed E-state index contributed by atoms with van der Waals surface area (Å²) in [6.07, 6.45) is -5.92. The standard InChI is InChI=1S/C12H8BrF3N2O2/c13-7-3-1-6(2-4-7)9-10(19)17-8(18-11(9)20)5-12(14,15)16/h1-4H,5H2,(H2,17,18,19,20). The molecule has 0 bridgehead atoms. The van der Waals surface area contributed by atoms with Crippen LogP contribution in [0.2, 0.25) is 0 Å². The third-order valence-corrected chi connectivity index (χ3v) is 2.98. The molecule has 0 amide bonds. The highest BCUT2D eigenvalue weighted by Crippen LogP contribution is 2.26. The Morgan fingerprint density at radius 1 is 1.25 bits per heavy atom. The van der Waals surface area contributed by atoms with Gasteiger partial charge in [0.2, 0.25) is 5.88 Å². The fourth-order valence-electron chi connectivity index (χ4n) is 1.66. The molecule has 0 atom stereocenters. The van der Waals surface area contributed by atoms with Gasteiger partial charge in [0.05, 0.1) is 0 Å². The number of alkyl halides is 3. The van der Waals surface area contributed by atoms with E-state index in [1.807, 2.05) is 4.98 Å². The Morgan fingerprint density at radius 3 is 2.35 bits per heavy atom. The number of benzene rings is 1. The predicted molar refractivity (Wildman–Crippen MR) is 69.4 cm³/mol. The SMILES string of the molecule is O=c1[nH]c(CC(F)(F)F)nc(O)c1-c1ccc(Br)cc1. The highest BCUT2D eigenvalue weighted by Gasteiger charge is 2.30. The summed E-state index contributed by atoms with van der Waals surface area (Å²) < 4.78 is 37.4. The number of nitrogens with zero attached hydrogens (tertiary/aromatic N) is 1. The van der Waals surface area contributed by atoms with Crippen LogP contribution < -0.4 is 5.56 Å². The lowest BCUT2D eigenvalue weighted by Crippen LogP contribution is -2.20. The molecule has 4 nitrogen and oxygen atoms in total. The van der Waals surface area contributed by atoms with Crippen molar-refractivity contribution in [3.8, 4) is 17.0 Å². The van der Waals surface area contributed by atoms with E-state index >= 15 is 0 Å². The van der Waals surface area contributed by atoms with Crippen LogP contribution in [0.1, 0.15) is 5.82 Å². The van der Waals surface area contributed by atoms with Crippen LogP contribution in [0.25, 0.3) is 11.1 Å². The number of aromatic amines is 1. The van der Waals surface area contributed by atoms with Crippen LogP contribution in [0.4, 0.5) is 13.2 Å². The summed E-state index contributed by atoms with van der Waals surface area (Å²) in [5.74, 6) is -1.35. The molecule has 0 saturated heterocycles. The second-order valence-corrected chi connectivity index (χ2v) is 4.93. The Labute approximate surface area is 119 Å². The molecular weight excluding hydrogens is 341 g/mol. The summed E-state index contributed by atoms with van der Waals surface area (Å²) in [5, 5.41) is 9.68. The molecule has 1 aromatic carbocycles. The Balaban J connectivity index is 2.47. The van der Waals surface area contributed by atoms with Crippen molar-refractivity contribution in [3.63, 3.8) is 0 Å². The summed E-state index contributed by atoms with van der Waals surface area (Å²) in [6.45, 7) is 0. The van der Waals surface area contributed by atoms with Crippen molar-refractivity contribution >= 4 is 15.9 Å². The number of halogens is 4. The van der Waals surface area contributed by atoms with Crippen LogP contribution >= 0.6 is 15.9 Å². The van der Waals surface area contributed by atoms with Crippen LogP contribution in [0.5, 0.6) is 5.88 Å². The average molecular weight is 349 g/mol. The van der Waals surface area contributed by atoms with Gasteiger partial charge in [-0.15, -0.1) is 0 Å². The maximum Gasteiger partial charge on any atom is 0.396 e. The summed E-state index contributed by atoms with van der Waals surface area (Å²) in [4.78, 5) is 17.2. The first kappa shape index (κ1) is 14.6. The first-order chi connectivity index (χ1) is 9.26. The van der Waals surface area contributed by atoms with Crippen molar-refractivity contribution in [2.75, 3.05) is 0 Å². The number of nitrogens with one attached hydrogen (secondary N) is 1. The predicted octanol–water partition coefficient (Wildman–Crippen LogP) is 3.01. The quantitative estimate of drug-likeness (QED) is 0.876. The second kappa shape index (κ2) is 5.28. The molecule has 2 N–H and O–H groups in total. The van der Waals surface area contributed by atoms with Crippen molar-refractivity contribution in [1.29, 1.82) is 0 Å². The zero-order valence-corrected chi connectivity index (χ0v) is 11.4. The minimum Gasteiger partial charge on any atom is -0.493 e. The minimum absolute atomic E-state index is 0.163. The van der Waals surface area contributed by atoms with E-state index in [1.54, 1.807) is 24.3 Å². The van der Waals surface area contributed by atoms with Crippen LogP contribution in [-0.4, -0.2) is 21.3 Å². The average Bonchev–Trinajstić information content (AvgIpc) is 2.28. The molecule has 106 valence electrons. The zero-order chi connectivity index (χ0) is 14.9. The first-order valence-corrected chi connectivity index (χ1v) is 6.20. The number of hydrogen-bond donors (Lipinski definition) is 2. The van der Waals surface area contributed by atoms with E-state index in [1.165, 1.54) is 0 Å². The summed E-state index contributed by atoms with van der Waals surface area (Å²) in [5.41, 5.74) is -0.625. The molecule has 0 radical (unpaired) electrons. The van der Waals surface area contributed by atoms with E-state index in [9.17, 15) is 23.1 Å². The van der Waals surface area contributed by atoms with Crippen molar-refractivity contribution in [2.24, 2.45) is 0 Å². The largest absolute Gasteiger partial charge is 0.493 e. The molecule has 0 spiro atoms.